The Morgan fingerprint density at radius 2 is 2.00 bits per heavy atom. The van der Waals surface area contributed by atoms with Gasteiger partial charge in [-0.1, -0.05) is 6.07 Å². The highest BCUT2D eigenvalue weighted by molar-refractivity contribution is 7.94. The van der Waals surface area contributed by atoms with Gasteiger partial charge >= 0.3 is 0 Å². The third kappa shape index (κ3) is 3.42. The highest BCUT2D eigenvalue weighted by atomic mass is 32.2. The fraction of sp³-hybridized carbons (Fsp3) is 0.333. The Labute approximate surface area is 146 Å². The van der Waals surface area contributed by atoms with Gasteiger partial charge in [-0.2, -0.15) is 0 Å². The van der Waals surface area contributed by atoms with Gasteiger partial charge in [0.1, 0.15) is 4.21 Å². The SMILES string of the molecule is Cc1cc(NS(=O)(=O)c2cccs2)ccc1N1CCCCS1(=O)=O. The molecular formula is C15H18N2O4S3. The third-order valence-electron chi connectivity index (χ3n) is 3.83. The van der Waals surface area contributed by atoms with E-state index in [1.807, 2.05) is 0 Å². The smallest absolute Gasteiger partial charge is 0.271 e. The van der Waals surface area contributed by atoms with Crippen molar-refractivity contribution in [2.24, 2.45) is 0 Å². The molecule has 0 saturated carbocycles. The van der Waals surface area contributed by atoms with E-state index in [0.717, 1.165) is 17.8 Å². The van der Waals surface area contributed by atoms with Gasteiger partial charge in [-0.15, -0.1) is 11.3 Å². The van der Waals surface area contributed by atoms with Gasteiger partial charge in [-0.3, -0.25) is 9.03 Å². The Morgan fingerprint density at radius 3 is 2.62 bits per heavy atom. The number of sulfonamides is 2. The van der Waals surface area contributed by atoms with Gasteiger partial charge in [0, 0.05) is 12.2 Å². The molecule has 130 valence electrons. The van der Waals surface area contributed by atoms with Gasteiger partial charge in [0.2, 0.25) is 10.0 Å². The molecule has 0 radical (unpaired) electrons. The fourth-order valence-electron chi connectivity index (χ4n) is 2.68. The predicted molar refractivity (Wildman–Crippen MR) is 96.7 cm³/mol. The second kappa shape index (κ2) is 6.38. The monoisotopic (exact) mass is 386 g/mol. The van der Waals surface area contributed by atoms with Crippen LogP contribution in [0.25, 0.3) is 0 Å². The summed E-state index contributed by atoms with van der Waals surface area (Å²) in [6.45, 7) is 2.24. The van der Waals surface area contributed by atoms with E-state index in [-0.39, 0.29) is 9.96 Å². The molecule has 2 heterocycles. The van der Waals surface area contributed by atoms with Crippen molar-refractivity contribution in [2.45, 2.75) is 24.0 Å². The lowest BCUT2D eigenvalue weighted by atomic mass is 10.1. The summed E-state index contributed by atoms with van der Waals surface area (Å²) in [4.78, 5) is 0. The van der Waals surface area contributed by atoms with E-state index in [0.29, 0.717) is 29.9 Å². The average Bonchev–Trinajstić information content (AvgIpc) is 3.03. The van der Waals surface area contributed by atoms with E-state index in [2.05, 4.69) is 4.72 Å². The van der Waals surface area contributed by atoms with Crippen molar-refractivity contribution in [2.75, 3.05) is 21.3 Å². The molecule has 0 amide bonds. The molecule has 1 aromatic carbocycles. The minimum Gasteiger partial charge on any atom is -0.279 e. The lowest BCUT2D eigenvalue weighted by molar-refractivity contribution is 0.574. The van der Waals surface area contributed by atoms with Gasteiger partial charge < -0.3 is 0 Å². The molecule has 0 bridgehead atoms. The van der Waals surface area contributed by atoms with E-state index in [4.69, 9.17) is 0 Å². The maximum atomic E-state index is 12.3. The zero-order chi connectivity index (χ0) is 17.4. The maximum Gasteiger partial charge on any atom is 0.271 e. The van der Waals surface area contributed by atoms with E-state index in [1.165, 1.54) is 10.4 Å². The van der Waals surface area contributed by atoms with Crippen LogP contribution >= 0.6 is 11.3 Å². The zero-order valence-corrected chi connectivity index (χ0v) is 15.5. The first-order chi connectivity index (χ1) is 11.3. The number of aryl methyl sites for hydroxylation is 1. The van der Waals surface area contributed by atoms with Crippen LogP contribution in [0.1, 0.15) is 18.4 Å². The fourth-order valence-corrected chi connectivity index (χ4v) is 6.42. The van der Waals surface area contributed by atoms with Crippen LogP contribution in [0.3, 0.4) is 0 Å². The van der Waals surface area contributed by atoms with Crippen LogP contribution < -0.4 is 9.03 Å². The molecule has 1 aliphatic heterocycles. The van der Waals surface area contributed by atoms with Crippen molar-refractivity contribution in [1.29, 1.82) is 0 Å². The molecule has 9 heteroatoms. The Hall–Kier alpha value is -1.58. The van der Waals surface area contributed by atoms with E-state index >= 15 is 0 Å². The molecule has 1 saturated heterocycles. The number of hydrogen-bond donors (Lipinski definition) is 1. The summed E-state index contributed by atoms with van der Waals surface area (Å²) in [7, 11) is -6.90. The van der Waals surface area contributed by atoms with E-state index in [9.17, 15) is 16.8 Å². The number of benzene rings is 1. The number of rotatable bonds is 4. The molecular weight excluding hydrogens is 368 g/mol. The minimum absolute atomic E-state index is 0.152. The van der Waals surface area contributed by atoms with Crippen molar-refractivity contribution in [3.05, 3.63) is 41.3 Å². The van der Waals surface area contributed by atoms with Gasteiger partial charge in [0.25, 0.3) is 10.0 Å². The Bertz CT molecular complexity index is 935. The number of nitrogens with one attached hydrogen (secondary N) is 1. The predicted octanol–water partition coefficient (Wildman–Crippen LogP) is 2.79. The average molecular weight is 387 g/mol. The molecule has 1 N–H and O–H groups in total. The van der Waals surface area contributed by atoms with Crippen molar-refractivity contribution in [1.82, 2.24) is 0 Å². The maximum absolute atomic E-state index is 12.3. The van der Waals surface area contributed by atoms with Crippen LogP contribution in [-0.2, 0) is 20.0 Å². The summed E-state index contributed by atoms with van der Waals surface area (Å²) >= 11 is 1.14. The zero-order valence-electron chi connectivity index (χ0n) is 13.1. The highest BCUT2D eigenvalue weighted by Crippen LogP contribution is 2.30. The summed E-state index contributed by atoms with van der Waals surface area (Å²) in [5.74, 6) is 0.152. The molecule has 0 spiro atoms. The molecule has 0 atom stereocenters. The lowest BCUT2D eigenvalue weighted by Crippen LogP contribution is -2.38. The van der Waals surface area contributed by atoms with Gasteiger partial charge in [0.05, 0.1) is 11.4 Å². The first-order valence-corrected chi connectivity index (χ1v) is 11.4. The largest absolute Gasteiger partial charge is 0.279 e. The topological polar surface area (TPSA) is 83.6 Å². The molecule has 0 unspecified atom stereocenters. The third-order valence-corrected chi connectivity index (χ3v) is 8.46. The number of thiophene rings is 1. The van der Waals surface area contributed by atoms with Crippen LogP contribution in [0.5, 0.6) is 0 Å². The quantitative estimate of drug-likeness (QED) is 0.876. The van der Waals surface area contributed by atoms with Gasteiger partial charge in [-0.25, -0.2) is 16.8 Å². The lowest BCUT2D eigenvalue weighted by Gasteiger charge is -2.29. The van der Waals surface area contributed by atoms with E-state index in [1.54, 1.807) is 36.6 Å². The van der Waals surface area contributed by atoms with E-state index < -0.39 is 20.0 Å². The second-order valence-corrected chi connectivity index (χ2v) is 10.5. The molecule has 2 aromatic rings. The first kappa shape index (κ1) is 17.2. The second-order valence-electron chi connectivity index (χ2n) is 5.63. The van der Waals surface area contributed by atoms with Crippen molar-refractivity contribution < 1.29 is 16.8 Å². The molecule has 6 nitrogen and oxygen atoms in total. The summed E-state index contributed by atoms with van der Waals surface area (Å²) in [6.07, 6.45) is 1.50. The molecule has 1 fully saturated rings. The normalized spacial score (nSPS) is 17.6. The van der Waals surface area contributed by atoms with Crippen LogP contribution in [0.4, 0.5) is 11.4 Å². The molecule has 0 aliphatic carbocycles. The van der Waals surface area contributed by atoms with Crippen LogP contribution in [0, 0.1) is 6.92 Å². The Balaban J connectivity index is 1.88. The summed E-state index contributed by atoms with van der Waals surface area (Å²) < 4.78 is 53.1. The number of anilines is 2. The van der Waals surface area contributed by atoms with Gasteiger partial charge in [-0.05, 0) is 55.0 Å². The van der Waals surface area contributed by atoms with Crippen molar-refractivity contribution >= 4 is 42.8 Å². The summed E-state index contributed by atoms with van der Waals surface area (Å²) in [5, 5.41) is 1.70. The molecule has 3 rings (SSSR count). The van der Waals surface area contributed by atoms with Crippen LogP contribution in [0.15, 0.2) is 39.9 Å². The minimum atomic E-state index is -3.61. The van der Waals surface area contributed by atoms with Gasteiger partial charge in [0.15, 0.2) is 0 Å². The highest BCUT2D eigenvalue weighted by Gasteiger charge is 2.27. The summed E-state index contributed by atoms with van der Waals surface area (Å²) in [6, 6.07) is 8.12. The van der Waals surface area contributed by atoms with Crippen molar-refractivity contribution in [3.8, 4) is 0 Å². The Morgan fingerprint density at radius 1 is 1.21 bits per heavy atom. The van der Waals surface area contributed by atoms with Crippen LogP contribution in [0.2, 0.25) is 0 Å². The molecule has 1 aromatic heterocycles. The molecule has 24 heavy (non-hydrogen) atoms. The van der Waals surface area contributed by atoms with Crippen molar-refractivity contribution in [3.63, 3.8) is 0 Å². The standard InChI is InChI=1S/C15H18N2O4S3/c1-12-11-13(16-24(20,21)15-5-4-9-22-15)6-7-14(12)17-8-2-3-10-23(17,18)19/h4-7,9,11,16H,2-3,8,10H2,1H3. The Kier molecular flexibility index (Phi) is 4.58. The van der Waals surface area contributed by atoms with Crippen LogP contribution in [-0.4, -0.2) is 29.1 Å². The molecule has 1 aliphatic rings. The number of hydrogen-bond acceptors (Lipinski definition) is 5. The number of nitrogens with zero attached hydrogens (tertiary/aromatic N) is 1. The first-order valence-electron chi connectivity index (χ1n) is 7.47. The summed E-state index contributed by atoms with van der Waals surface area (Å²) in [5.41, 5.74) is 1.74.